The minimum absolute atomic E-state index is 0.399. The van der Waals surface area contributed by atoms with Gasteiger partial charge in [-0.3, -0.25) is 0 Å². The Balaban J connectivity index is 1.53. The highest BCUT2D eigenvalue weighted by molar-refractivity contribution is 6.36. The fraction of sp³-hybridized carbons (Fsp3) is 0.289. The van der Waals surface area contributed by atoms with E-state index < -0.39 is 17.7 Å². The number of rotatable bonds is 3. The Hall–Kier alpha value is -4.66. The molecule has 47 heavy (non-hydrogen) atoms. The number of nitrogens with zero attached hydrogens (tertiary/aromatic N) is 4. The van der Waals surface area contributed by atoms with E-state index in [0.29, 0.717) is 64.3 Å². The molecule has 0 aliphatic carbocycles. The van der Waals surface area contributed by atoms with Gasteiger partial charge < -0.3 is 19.5 Å². The molecule has 1 unspecified atom stereocenters. The van der Waals surface area contributed by atoms with E-state index in [1.807, 2.05) is 58.0 Å². The highest BCUT2D eigenvalue weighted by Crippen LogP contribution is 2.46. The van der Waals surface area contributed by atoms with Gasteiger partial charge in [-0.15, -0.1) is 0 Å². The fourth-order valence-corrected chi connectivity index (χ4v) is 6.83. The second-order valence-corrected chi connectivity index (χ2v) is 13.4. The lowest BCUT2D eigenvalue weighted by atomic mass is 9.97. The molecule has 8 nitrogen and oxygen atoms in total. The molecule has 1 N–H and O–H groups in total. The zero-order chi connectivity index (χ0) is 32.9. The SMILES string of the molecule is Cc1nc2cc3nn2c(c1C(OC(C)(C)C)C(=O)O)-c1ccc2c(c1Cl)N(CC=CCCc1cccc(c1)-c1cccc-3c1)CCO2. The van der Waals surface area contributed by atoms with Crippen LogP contribution >= 0.6 is 11.6 Å². The van der Waals surface area contributed by atoms with Crippen molar-refractivity contribution in [3.8, 4) is 39.4 Å². The van der Waals surface area contributed by atoms with Crippen molar-refractivity contribution in [1.82, 2.24) is 14.6 Å². The van der Waals surface area contributed by atoms with E-state index in [1.165, 1.54) is 5.56 Å². The van der Waals surface area contributed by atoms with E-state index in [2.05, 4.69) is 53.5 Å². The predicted molar refractivity (Wildman–Crippen MR) is 185 cm³/mol. The molecule has 0 saturated heterocycles. The smallest absolute Gasteiger partial charge is 0.337 e. The van der Waals surface area contributed by atoms with Crippen LogP contribution in [0.25, 0.3) is 39.3 Å². The molecule has 0 saturated carbocycles. The van der Waals surface area contributed by atoms with Crippen LogP contribution in [0.2, 0.25) is 5.02 Å². The molecule has 2 aromatic heterocycles. The van der Waals surface area contributed by atoms with E-state index in [-0.39, 0.29) is 0 Å². The van der Waals surface area contributed by atoms with Crippen LogP contribution in [0.15, 0.2) is 78.9 Å². The number of anilines is 1. The van der Waals surface area contributed by atoms with Crippen molar-refractivity contribution in [3.05, 3.63) is 101 Å². The van der Waals surface area contributed by atoms with Crippen LogP contribution in [0.5, 0.6) is 5.75 Å². The minimum Gasteiger partial charge on any atom is -0.490 e. The lowest BCUT2D eigenvalue weighted by molar-refractivity contribution is -0.160. The van der Waals surface area contributed by atoms with Crippen molar-refractivity contribution in [2.24, 2.45) is 0 Å². The number of carbonyl (C=O) groups is 1. The molecule has 4 heterocycles. The van der Waals surface area contributed by atoms with Gasteiger partial charge in [0.2, 0.25) is 0 Å². The summed E-state index contributed by atoms with van der Waals surface area (Å²) in [6.07, 6.45) is 4.91. The standard InChI is InChI=1S/C38H37ClN4O4/c1-23-32(36(37(44)45)47-38(2,3)4)34-28-15-16-30-35(33(28)39)42(18-19-46-30)17-7-5-6-10-24-11-8-12-25(20-24)26-13-9-14-27(21-26)29-22-31(40-23)43(34)41-29/h5,7-9,11-16,20-22,36H,6,10,17-19H2,1-4H3,(H,44,45). The first-order chi connectivity index (χ1) is 22.6. The molecule has 0 amide bonds. The summed E-state index contributed by atoms with van der Waals surface area (Å²) in [5, 5.41) is 16.1. The van der Waals surface area contributed by atoms with Crippen molar-refractivity contribution < 1.29 is 19.4 Å². The first-order valence-corrected chi connectivity index (χ1v) is 16.3. The average molecular weight is 649 g/mol. The minimum atomic E-state index is -1.32. The Morgan fingerprint density at radius 2 is 1.79 bits per heavy atom. The zero-order valence-electron chi connectivity index (χ0n) is 27.0. The third kappa shape index (κ3) is 5.99. The summed E-state index contributed by atoms with van der Waals surface area (Å²) in [5.74, 6) is -0.439. The summed E-state index contributed by atoms with van der Waals surface area (Å²) < 4.78 is 14.0. The molecule has 0 radical (unpaired) electrons. The van der Waals surface area contributed by atoms with Gasteiger partial charge in [-0.1, -0.05) is 66.2 Å². The van der Waals surface area contributed by atoms with Crippen LogP contribution in [0, 0.1) is 6.92 Å². The van der Waals surface area contributed by atoms with Gasteiger partial charge in [-0.25, -0.2) is 14.3 Å². The number of fused-ring (bicyclic) bond motifs is 9. The third-order valence-electron chi connectivity index (χ3n) is 8.57. The Morgan fingerprint density at radius 3 is 2.57 bits per heavy atom. The highest BCUT2D eigenvalue weighted by Gasteiger charge is 2.35. The summed E-state index contributed by atoms with van der Waals surface area (Å²) in [6, 6.07) is 22.7. The number of carboxylic acids is 1. The molecule has 9 heteroatoms. The fourth-order valence-electron chi connectivity index (χ4n) is 6.47. The first kappa shape index (κ1) is 31.0. The number of aryl methyl sites for hydroxylation is 2. The maximum atomic E-state index is 12.9. The van der Waals surface area contributed by atoms with Gasteiger partial charge >= 0.3 is 5.97 Å². The Morgan fingerprint density at radius 1 is 1.02 bits per heavy atom. The van der Waals surface area contributed by atoms with Gasteiger partial charge in [0.05, 0.1) is 34.2 Å². The van der Waals surface area contributed by atoms with Crippen molar-refractivity contribution in [2.75, 3.05) is 24.6 Å². The van der Waals surface area contributed by atoms with Crippen LogP contribution in [0.3, 0.4) is 0 Å². The second-order valence-electron chi connectivity index (χ2n) is 13.1. The van der Waals surface area contributed by atoms with E-state index in [0.717, 1.165) is 35.2 Å². The maximum Gasteiger partial charge on any atom is 0.337 e. The number of aliphatic carboxylic acids is 1. The van der Waals surface area contributed by atoms with Crippen LogP contribution in [-0.2, 0) is 16.0 Å². The molecule has 7 rings (SSSR count). The summed E-state index contributed by atoms with van der Waals surface area (Å²) in [5.41, 5.74) is 7.77. The molecule has 3 aromatic carbocycles. The van der Waals surface area contributed by atoms with E-state index in [4.69, 9.17) is 31.2 Å². The summed E-state index contributed by atoms with van der Waals surface area (Å²) in [6.45, 7) is 9.17. The number of allylic oxidation sites excluding steroid dienone is 1. The van der Waals surface area contributed by atoms with Gasteiger partial charge in [-0.05, 0) is 75.4 Å². The normalized spacial score (nSPS) is 15.1. The number of aromatic nitrogens is 3. The molecule has 0 spiro atoms. The Labute approximate surface area is 279 Å². The van der Waals surface area contributed by atoms with Gasteiger partial charge in [0.25, 0.3) is 0 Å². The molecule has 5 aromatic rings. The van der Waals surface area contributed by atoms with Crippen molar-refractivity contribution in [1.29, 1.82) is 0 Å². The summed E-state index contributed by atoms with van der Waals surface area (Å²) in [4.78, 5) is 20.0. The van der Waals surface area contributed by atoms with Crippen LogP contribution in [-0.4, -0.2) is 51.0 Å². The van der Waals surface area contributed by atoms with Crippen molar-refractivity contribution >= 4 is 28.9 Å². The molecular formula is C38H37ClN4O4. The molecule has 2 aliphatic heterocycles. The van der Waals surface area contributed by atoms with Crippen LogP contribution < -0.4 is 9.64 Å². The maximum absolute atomic E-state index is 12.9. The lowest BCUT2D eigenvalue weighted by Gasteiger charge is -2.32. The monoisotopic (exact) mass is 648 g/mol. The summed E-state index contributed by atoms with van der Waals surface area (Å²) >= 11 is 7.36. The van der Waals surface area contributed by atoms with E-state index in [1.54, 1.807) is 4.52 Å². The third-order valence-corrected chi connectivity index (χ3v) is 8.95. The van der Waals surface area contributed by atoms with Crippen LogP contribution in [0.1, 0.15) is 50.1 Å². The Kier molecular flexibility index (Phi) is 8.02. The highest BCUT2D eigenvalue weighted by atomic mass is 35.5. The van der Waals surface area contributed by atoms with Gasteiger partial charge in [0, 0.05) is 35.0 Å². The van der Waals surface area contributed by atoms with Gasteiger partial charge in [0.1, 0.15) is 12.4 Å². The van der Waals surface area contributed by atoms with E-state index in [9.17, 15) is 9.90 Å². The second kappa shape index (κ2) is 12.2. The quantitative estimate of drug-likeness (QED) is 0.197. The molecule has 240 valence electrons. The van der Waals surface area contributed by atoms with Gasteiger partial charge in [0.15, 0.2) is 11.8 Å². The van der Waals surface area contributed by atoms with Crippen molar-refractivity contribution in [3.63, 3.8) is 0 Å². The van der Waals surface area contributed by atoms with E-state index >= 15 is 0 Å². The first-order valence-electron chi connectivity index (χ1n) is 15.9. The number of halogens is 1. The van der Waals surface area contributed by atoms with Gasteiger partial charge in [-0.2, -0.15) is 5.10 Å². The molecule has 0 fully saturated rings. The zero-order valence-corrected chi connectivity index (χ0v) is 27.7. The summed E-state index contributed by atoms with van der Waals surface area (Å²) in [7, 11) is 0. The molecule has 1 atom stereocenters. The molecular weight excluding hydrogens is 612 g/mol. The lowest BCUT2D eigenvalue weighted by Crippen LogP contribution is -2.33. The number of ether oxygens (including phenoxy) is 2. The Bertz CT molecular complexity index is 2040. The van der Waals surface area contributed by atoms with Crippen molar-refractivity contribution in [2.45, 2.75) is 52.2 Å². The molecule has 8 bridgehead atoms. The number of hydrogen-bond donors (Lipinski definition) is 1. The average Bonchev–Trinajstić information content (AvgIpc) is 3.46. The number of carboxylic acid groups (broad SMARTS) is 1. The largest absolute Gasteiger partial charge is 0.490 e. The number of benzene rings is 3. The molecule has 2 aliphatic rings. The number of hydrogen-bond acceptors (Lipinski definition) is 6. The predicted octanol–water partition coefficient (Wildman–Crippen LogP) is 8.33. The topological polar surface area (TPSA) is 89.2 Å². The van der Waals surface area contributed by atoms with Crippen LogP contribution in [0.4, 0.5) is 5.69 Å².